The quantitative estimate of drug-likeness (QED) is 0.0569. The second-order valence-corrected chi connectivity index (χ2v) is 14.5. The molecule has 0 radical (unpaired) electrons. The van der Waals surface area contributed by atoms with Crippen molar-refractivity contribution in [2.24, 2.45) is 0 Å². The van der Waals surface area contributed by atoms with Crippen LogP contribution in [-0.4, -0.2) is 76.0 Å². The van der Waals surface area contributed by atoms with E-state index in [0.717, 1.165) is 24.5 Å². The number of aromatic amines is 2. The number of benzene rings is 2. The number of hydrazine groups is 1. The van der Waals surface area contributed by atoms with Gasteiger partial charge in [-0.3, -0.25) is 0 Å². The summed E-state index contributed by atoms with van der Waals surface area (Å²) in [5, 5.41) is 10.2. The molecule has 0 amide bonds. The molecule has 0 spiro atoms. The summed E-state index contributed by atoms with van der Waals surface area (Å²) < 4.78 is 80.2. The molecule has 0 unspecified atom stereocenters. The smallest absolute Gasteiger partial charge is 0.368 e. The number of hydrogen-bond acceptors (Lipinski definition) is 12. The van der Waals surface area contributed by atoms with Crippen molar-refractivity contribution in [3.8, 4) is 45.3 Å². The normalized spacial score (nSPS) is 11.7. The highest BCUT2D eigenvalue weighted by Gasteiger charge is 2.32. The molecule has 0 aliphatic carbocycles. The molecule has 22 heteroatoms. The van der Waals surface area contributed by atoms with Gasteiger partial charge in [0.05, 0.1) is 46.7 Å². The molecular weight excluding hydrogens is 885 g/mol. The summed E-state index contributed by atoms with van der Waals surface area (Å²) >= 11 is 13.5. The number of nitrogens with zero attached hydrogens (tertiary/aromatic N) is 10. The second-order valence-electron chi connectivity index (χ2n) is 13.7. The summed E-state index contributed by atoms with van der Waals surface area (Å²) in [6.07, 6.45) is 1.87. The van der Waals surface area contributed by atoms with E-state index in [-0.39, 0.29) is 49.7 Å². The number of halogens is 8. The predicted molar refractivity (Wildman–Crippen MR) is 230 cm³/mol. The van der Waals surface area contributed by atoms with Crippen LogP contribution in [0.1, 0.15) is 11.1 Å². The van der Waals surface area contributed by atoms with Crippen LogP contribution in [-0.2, 0) is 12.4 Å². The van der Waals surface area contributed by atoms with E-state index in [2.05, 4.69) is 40.5 Å². The first kappa shape index (κ1) is 43.3. The Labute approximate surface area is 369 Å². The summed E-state index contributed by atoms with van der Waals surface area (Å²) in [5.41, 5.74) is 1.08. The molecule has 0 fully saturated rings. The Morgan fingerprint density at radius 1 is 0.500 bits per heavy atom. The third kappa shape index (κ3) is 9.82. The van der Waals surface area contributed by atoms with Crippen LogP contribution >= 0.6 is 23.2 Å². The van der Waals surface area contributed by atoms with Gasteiger partial charge in [0.1, 0.15) is 23.3 Å². The Hall–Kier alpha value is -7.32. The number of H-pyrrole nitrogens is 2. The molecular formula is C42H32Cl2F6N14. The van der Waals surface area contributed by atoms with Crippen molar-refractivity contribution in [1.29, 1.82) is 0 Å². The van der Waals surface area contributed by atoms with Crippen LogP contribution in [0.15, 0.2) is 122 Å². The van der Waals surface area contributed by atoms with Gasteiger partial charge in [-0.15, -0.1) is 0 Å². The fourth-order valence-electron chi connectivity index (χ4n) is 6.45. The van der Waals surface area contributed by atoms with Crippen molar-refractivity contribution < 1.29 is 26.3 Å². The average molecular weight is 918 g/mol. The lowest BCUT2D eigenvalue weighted by molar-refractivity contribution is -0.138. The van der Waals surface area contributed by atoms with Gasteiger partial charge in [-0.1, -0.05) is 59.6 Å². The van der Waals surface area contributed by atoms with E-state index < -0.39 is 23.5 Å². The molecule has 14 nitrogen and oxygen atoms in total. The molecule has 8 rings (SSSR count). The van der Waals surface area contributed by atoms with E-state index in [1.54, 1.807) is 95.7 Å². The monoisotopic (exact) mass is 916 g/mol. The number of hydrogen-bond donors (Lipinski definition) is 4. The minimum Gasteiger partial charge on any atom is -0.368 e. The zero-order chi connectivity index (χ0) is 44.8. The first-order valence-electron chi connectivity index (χ1n) is 19.2. The summed E-state index contributed by atoms with van der Waals surface area (Å²) in [7, 11) is 0. The SMILES string of the molecule is FC(F)(F)c1ccc(NCCN(c2ncc(-c3ncc[nH]3)c(-c3ccccc3Cl)n2)N(CCNc2ccc(C(F)(F)F)cn2)c2ncc(-c3ncc[nH]3)c(-c3ccccc3Cl)n2)nc1. The molecule has 2 aromatic carbocycles. The third-order valence-corrected chi connectivity index (χ3v) is 10.2. The number of alkyl halides is 6. The van der Waals surface area contributed by atoms with Gasteiger partial charge in [0, 0.05) is 83.8 Å². The van der Waals surface area contributed by atoms with Crippen LogP contribution in [0, 0.1) is 0 Å². The van der Waals surface area contributed by atoms with E-state index in [1.165, 1.54) is 12.1 Å². The first-order valence-corrected chi connectivity index (χ1v) is 19.9. The number of imidazole rings is 2. The largest absolute Gasteiger partial charge is 0.417 e. The molecule has 0 bridgehead atoms. The first-order chi connectivity index (χ1) is 30.8. The van der Waals surface area contributed by atoms with Crippen molar-refractivity contribution in [3.63, 3.8) is 0 Å². The summed E-state index contributed by atoms with van der Waals surface area (Å²) in [4.78, 5) is 42.6. The highest BCUT2D eigenvalue weighted by molar-refractivity contribution is 6.33. The molecule has 0 aliphatic heterocycles. The Morgan fingerprint density at radius 3 is 1.27 bits per heavy atom. The van der Waals surface area contributed by atoms with Crippen molar-refractivity contribution >= 4 is 46.7 Å². The minimum atomic E-state index is -4.58. The van der Waals surface area contributed by atoms with Crippen molar-refractivity contribution in [3.05, 3.63) is 144 Å². The van der Waals surface area contributed by atoms with Gasteiger partial charge in [0.15, 0.2) is 0 Å². The highest BCUT2D eigenvalue weighted by atomic mass is 35.5. The molecule has 0 atom stereocenters. The minimum absolute atomic E-state index is 0.00795. The Bertz CT molecular complexity index is 2610. The van der Waals surface area contributed by atoms with E-state index in [0.29, 0.717) is 55.3 Å². The Balaban J connectivity index is 1.25. The van der Waals surface area contributed by atoms with Crippen molar-refractivity contribution in [1.82, 2.24) is 49.8 Å². The van der Waals surface area contributed by atoms with Crippen LogP contribution in [0.5, 0.6) is 0 Å². The molecule has 6 aromatic heterocycles. The average Bonchev–Trinajstić information content (AvgIpc) is 4.03. The summed E-state index contributed by atoms with van der Waals surface area (Å²) in [6.45, 7) is 0.118. The lowest BCUT2D eigenvalue weighted by Crippen LogP contribution is -2.49. The fraction of sp³-hybridized carbons (Fsp3) is 0.143. The maximum absolute atomic E-state index is 13.4. The van der Waals surface area contributed by atoms with E-state index in [1.807, 2.05) is 0 Å². The lowest BCUT2D eigenvalue weighted by atomic mass is 10.1. The fourth-order valence-corrected chi connectivity index (χ4v) is 6.90. The topological polar surface area (TPSA) is 165 Å². The van der Waals surface area contributed by atoms with Gasteiger partial charge in [-0.25, -0.2) is 49.9 Å². The van der Waals surface area contributed by atoms with Gasteiger partial charge < -0.3 is 20.6 Å². The van der Waals surface area contributed by atoms with Gasteiger partial charge in [-0.2, -0.15) is 26.3 Å². The summed E-state index contributed by atoms with van der Waals surface area (Å²) in [6, 6.07) is 18.4. The molecule has 4 N–H and O–H groups in total. The number of nitrogens with one attached hydrogen (secondary N) is 4. The Morgan fingerprint density at radius 2 is 0.922 bits per heavy atom. The van der Waals surface area contributed by atoms with Crippen LogP contribution in [0.3, 0.4) is 0 Å². The van der Waals surface area contributed by atoms with Gasteiger partial charge in [0.25, 0.3) is 0 Å². The zero-order valence-corrected chi connectivity index (χ0v) is 34.4. The molecule has 6 heterocycles. The standard InChI is InChI=1S/C42H32Cl2F6N14/c43-31-7-3-1-5-27(31)35-29(37-53-13-14-54-37)23-59-39(61-35)63(19-17-51-33-11-9-25(21-57-33)41(45,46)47)64(20-18-52-34-12-10-26(22-58-34)42(48,49)50)40-60-24-30(38-55-15-16-56-38)36(62-40)28-6-2-4-8-32(28)44/h1-16,21-24H,17-20H2,(H,51,57)(H,52,58)(H,53,54)(H,55,56). The van der Waals surface area contributed by atoms with E-state index >= 15 is 0 Å². The highest BCUT2D eigenvalue weighted by Crippen LogP contribution is 2.37. The number of pyridine rings is 2. The second kappa shape index (κ2) is 18.6. The van der Waals surface area contributed by atoms with Crippen molar-refractivity contribution in [2.75, 3.05) is 46.8 Å². The van der Waals surface area contributed by atoms with Gasteiger partial charge >= 0.3 is 12.4 Å². The van der Waals surface area contributed by atoms with Crippen LogP contribution in [0.4, 0.5) is 49.9 Å². The van der Waals surface area contributed by atoms with Crippen LogP contribution in [0.25, 0.3) is 45.3 Å². The maximum atomic E-state index is 13.4. The number of anilines is 4. The van der Waals surface area contributed by atoms with E-state index in [9.17, 15) is 26.3 Å². The lowest BCUT2D eigenvalue weighted by Gasteiger charge is -2.35. The summed E-state index contributed by atoms with van der Waals surface area (Å²) in [5.74, 6) is 1.40. The zero-order valence-electron chi connectivity index (χ0n) is 32.9. The van der Waals surface area contributed by atoms with Crippen LogP contribution in [0.2, 0.25) is 10.0 Å². The molecule has 0 saturated carbocycles. The maximum Gasteiger partial charge on any atom is 0.417 e. The number of rotatable bonds is 15. The van der Waals surface area contributed by atoms with Gasteiger partial charge in [0.2, 0.25) is 11.9 Å². The van der Waals surface area contributed by atoms with Crippen LogP contribution < -0.4 is 20.7 Å². The predicted octanol–water partition coefficient (Wildman–Crippen LogP) is 9.97. The molecule has 8 aromatic rings. The number of aromatic nitrogens is 10. The van der Waals surface area contributed by atoms with E-state index in [4.69, 9.17) is 43.1 Å². The third-order valence-electron chi connectivity index (χ3n) is 9.51. The molecule has 326 valence electrons. The van der Waals surface area contributed by atoms with Crippen molar-refractivity contribution in [2.45, 2.75) is 12.4 Å². The van der Waals surface area contributed by atoms with Gasteiger partial charge in [-0.05, 0) is 36.4 Å². The molecule has 0 saturated heterocycles. The molecule has 64 heavy (non-hydrogen) atoms. The Kier molecular flexibility index (Phi) is 12.6. The molecule has 0 aliphatic rings.